The molecule has 19 heavy (non-hydrogen) atoms. The van der Waals surface area contributed by atoms with Crippen LogP contribution < -0.4 is 5.73 Å². The van der Waals surface area contributed by atoms with Crippen molar-refractivity contribution in [2.45, 2.75) is 6.54 Å². The molecule has 0 unspecified atom stereocenters. The molecule has 0 atom stereocenters. The summed E-state index contributed by atoms with van der Waals surface area (Å²) in [5, 5.41) is 0.507. The molecule has 1 aromatic rings. The van der Waals surface area contributed by atoms with Gasteiger partial charge in [-0.3, -0.25) is 9.11 Å². The molecule has 1 rings (SSSR count). The van der Waals surface area contributed by atoms with E-state index in [1.54, 1.807) is 12.3 Å². The van der Waals surface area contributed by atoms with Gasteiger partial charge in [-0.25, -0.2) is 4.98 Å². The molecule has 0 aliphatic rings. The van der Waals surface area contributed by atoms with E-state index < -0.39 is 20.2 Å². The molecule has 0 aliphatic carbocycles. The number of hydrogen-bond donors (Lipinski definition) is 3. The van der Waals surface area contributed by atoms with Gasteiger partial charge < -0.3 is 5.73 Å². The first-order valence-electron chi connectivity index (χ1n) is 4.48. The van der Waals surface area contributed by atoms with Gasteiger partial charge in [0.2, 0.25) is 0 Å². The molecule has 0 saturated carbocycles. The predicted octanol–water partition coefficient (Wildman–Crippen LogP) is 0.202. The molecule has 112 valence electrons. The number of rotatable bonds is 1. The zero-order valence-electron chi connectivity index (χ0n) is 10.2. The smallest absolute Gasteiger partial charge is 0.261 e. The second-order valence-electron chi connectivity index (χ2n) is 3.16. The molecule has 0 aliphatic heterocycles. The van der Waals surface area contributed by atoms with Crippen molar-refractivity contribution in [3.63, 3.8) is 0 Å². The summed E-state index contributed by atoms with van der Waals surface area (Å²) in [4.78, 5) is 3.84. The quantitative estimate of drug-likeness (QED) is 0.487. The molecular formula is C8H15ClN2O6S2. The molecule has 0 fully saturated rings. The maximum atomic E-state index is 9.19. The summed E-state index contributed by atoms with van der Waals surface area (Å²) in [5.74, 6) is 0. The van der Waals surface area contributed by atoms with Crippen LogP contribution >= 0.6 is 11.6 Å². The summed E-state index contributed by atoms with van der Waals surface area (Å²) >= 11 is 5.52. The summed E-state index contributed by atoms with van der Waals surface area (Å²) in [7, 11) is -7.33. The van der Waals surface area contributed by atoms with Crippen LogP contribution in [-0.2, 0) is 26.8 Å². The van der Waals surface area contributed by atoms with Crippen molar-refractivity contribution in [1.82, 2.24) is 4.98 Å². The van der Waals surface area contributed by atoms with Crippen molar-refractivity contribution >= 4 is 31.8 Å². The fraction of sp³-hybridized carbons (Fsp3) is 0.375. The summed E-state index contributed by atoms with van der Waals surface area (Å²) in [6, 6.07) is 3.58. The number of aromatic nitrogens is 1. The monoisotopic (exact) mass is 334 g/mol. The largest absolute Gasteiger partial charge is 0.326 e. The molecule has 8 nitrogen and oxygen atoms in total. The Hall–Kier alpha value is -0.780. The number of nitrogens with zero attached hydrogens (tertiary/aromatic N) is 1. The van der Waals surface area contributed by atoms with Gasteiger partial charge in [-0.15, -0.1) is 0 Å². The SMILES string of the molecule is CS(=O)(=O)O.CS(=O)(=O)O.NCc1ccc(Cl)nc1. The summed E-state index contributed by atoms with van der Waals surface area (Å²) in [6.45, 7) is 0.518. The van der Waals surface area contributed by atoms with Gasteiger partial charge in [0.05, 0.1) is 12.5 Å². The Morgan fingerprint density at radius 3 is 1.74 bits per heavy atom. The molecular weight excluding hydrogens is 320 g/mol. The zero-order chi connectivity index (χ0) is 15.7. The van der Waals surface area contributed by atoms with Crippen LogP contribution in [0, 0.1) is 0 Å². The third kappa shape index (κ3) is 31.7. The first-order valence-corrected chi connectivity index (χ1v) is 8.55. The highest BCUT2D eigenvalue weighted by Crippen LogP contribution is 2.03. The Morgan fingerprint density at radius 1 is 1.16 bits per heavy atom. The van der Waals surface area contributed by atoms with Crippen LogP contribution in [0.5, 0.6) is 0 Å². The van der Waals surface area contributed by atoms with Gasteiger partial charge in [-0.1, -0.05) is 17.7 Å². The molecule has 0 bridgehead atoms. The van der Waals surface area contributed by atoms with E-state index in [1.165, 1.54) is 0 Å². The van der Waals surface area contributed by atoms with E-state index in [0.29, 0.717) is 24.2 Å². The Labute approximate surface area is 117 Å². The van der Waals surface area contributed by atoms with Crippen molar-refractivity contribution in [3.05, 3.63) is 29.0 Å². The lowest BCUT2D eigenvalue weighted by Crippen LogP contribution is -1.95. The van der Waals surface area contributed by atoms with Crippen LogP contribution in [0.2, 0.25) is 5.15 Å². The van der Waals surface area contributed by atoms with Crippen LogP contribution in [0.3, 0.4) is 0 Å². The summed E-state index contributed by atoms with van der Waals surface area (Å²) < 4.78 is 51.7. The molecule has 11 heteroatoms. The molecule has 0 spiro atoms. The van der Waals surface area contributed by atoms with Gasteiger partial charge in [0.25, 0.3) is 20.2 Å². The number of pyridine rings is 1. The fourth-order valence-corrected chi connectivity index (χ4v) is 0.639. The lowest BCUT2D eigenvalue weighted by atomic mass is 10.3. The summed E-state index contributed by atoms with van der Waals surface area (Å²) in [6.07, 6.45) is 3.10. The van der Waals surface area contributed by atoms with Gasteiger partial charge in [-0.2, -0.15) is 16.8 Å². The van der Waals surface area contributed by atoms with Crippen LogP contribution in [0.1, 0.15) is 5.56 Å². The van der Waals surface area contributed by atoms with Crippen LogP contribution in [-0.4, -0.2) is 43.4 Å². The number of nitrogens with two attached hydrogens (primary N) is 1. The Kier molecular flexibility index (Phi) is 9.92. The molecule has 0 radical (unpaired) electrons. The van der Waals surface area contributed by atoms with Gasteiger partial charge in [0, 0.05) is 12.7 Å². The lowest BCUT2D eigenvalue weighted by Gasteiger charge is -1.92. The van der Waals surface area contributed by atoms with E-state index in [1.807, 2.05) is 6.07 Å². The van der Waals surface area contributed by atoms with Crippen LogP contribution in [0.4, 0.5) is 0 Å². The highest BCUT2D eigenvalue weighted by molar-refractivity contribution is 7.85. The molecule has 0 aromatic carbocycles. The molecule has 0 amide bonds. The fourth-order valence-electron chi connectivity index (χ4n) is 0.527. The average molecular weight is 335 g/mol. The normalized spacial score (nSPS) is 10.6. The minimum atomic E-state index is -3.67. The third-order valence-electron chi connectivity index (χ3n) is 1.02. The molecule has 1 aromatic heterocycles. The Morgan fingerprint density at radius 2 is 1.53 bits per heavy atom. The van der Waals surface area contributed by atoms with E-state index in [2.05, 4.69) is 4.98 Å². The van der Waals surface area contributed by atoms with E-state index in [9.17, 15) is 16.8 Å². The maximum absolute atomic E-state index is 9.19. The zero-order valence-corrected chi connectivity index (χ0v) is 12.6. The Bertz CT molecular complexity index is 509. The van der Waals surface area contributed by atoms with Crippen molar-refractivity contribution in [2.24, 2.45) is 5.73 Å². The van der Waals surface area contributed by atoms with Gasteiger partial charge in [-0.05, 0) is 11.6 Å². The average Bonchev–Trinajstić information content (AvgIpc) is 2.13. The third-order valence-corrected chi connectivity index (χ3v) is 1.25. The van der Waals surface area contributed by atoms with Crippen LogP contribution in [0.25, 0.3) is 0 Å². The molecule has 4 N–H and O–H groups in total. The van der Waals surface area contributed by atoms with Gasteiger partial charge >= 0.3 is 0 Å². The first kappa shape index (κ1) is 20.5. The Balaban J connectivity index is 0. The topological polar surface area (TPSA) is 148 Å². The van der Waals surface area contributed by atoms with Crippen molar-refractivity contribution in [3.8, 4) is 0 Å². The van der Waals surface area contributed by atoms with Crippen molar-refractivity contribution < 1.29 is 25.9 Å². The standard InChI is InChI=1S/C6H7ClN2.2CH4O3S/c7-6-2-1-5(3-8)4-9-6;2*1-5(2,3)4/h1-2,4H,3,8H2;2*1H3,(H,2,3,4). The molecule has 0 saturated heterocycles. The van der Waals surface area contributed by atoms with Gasteiger partial charge in [0.1, 0.15) is 5.15 Å². The number of halogens is 1. The van der Waals surface area contributed by atoms with E-state index in [0.717, 1.165) is 5.56 Å². The minimum absolute atomic E-state index is 0.507. The van der Waals surface area contributed by atoms with Crippen molar-refractivity contribution in [2.75, 3.05) is 12.5 Å². The predicted molar refractivity (Wildman–Crippen MR) is 72.1 cm³/mol. The van der Waals surface area contributed by atoms with Crippen molar-refractivity contribution in [1.29, 1.82) is 0 Å². The van der Waals surface area contributed by atoms with E-state index in [-0.39, 0.29) is 0 Å². The van der Waals surface area contributed by atoms with Crippen LogP contribution in [0.15, 0.2) is 18.3 Å². The number of hydrogen-bond acceptors (Lipinski definition) is 6. The highest BCUT2D eigenvalue weighted by atomic mass is 35.5. The highest BCUT2D eigenvalue weighted by Gasteiger charge is 1.87. The van der Waals surface area contributed by atoms with Gasteiger partial charge in [0.15, 0.2) is 0 Å². The maximum Gasteiger partial charge on any atom is 0.261 e. The molecule has 1 heterocycles. The minimum Gasteiger partial charge on any atom is -0.326 e. The second kappa shape index (κ2) is 9.18. The lowest BCUT2D eigenvalue weighted by molar-refractivity contribution is 0.488. The first-order chi connectivity index (χ1) is 8.33. The summed E-state index contributed by atoms with van der Waals surface area (Å²) in [5.41, 5.74) is 6.32. The van der Waals surface area contributed by atoms with E-state index >= 15 is 0 Å². The second-order valence-corrected chi connectivity index (χ2v) is 6.48. The van der Waals surface area contributed by atoms with E-state index in [4.69, 9.17) is 26.4 Å².